The van der Waals surface area contributed by atoms with Gasteiger partial charge in [-0.05, 0) is 37.3 Å². The van der Waals surface area contributed by atoms with E-state index in [1.165, 1.54) is 5.56 Å². The number of aryl methyl sites for hydroxylation is 3. The topological polar surface area (TPSA) is 89.8 Å². The maximum Gasteiger partial charge on any atom is 0.230 e. The smallest absolute Gasteiger partial charge is 0.230 e. The van der Waals surface area contributed by atoms with Crippen LogP contribution in [-0.2, 0) is 19.9 Å². The summed E-state index contributed by atoms with van der Waals surface area (Å²) in [6.45, 7) is 0. The van der Waals surface area contributed by atoms with Crippen LogP contribution in [-0.4, -0.2) is 20.6 Å². The number of aromatic nitrogens is 3. The second-order valence-corrected chi connectivity index (χ2v) is 5.02. The van der Waals surface area contributed by atoms with E-state index in [0.717, 1.165) is 31.4 Å². The van der Waals surface area contributed by atoms with Crippen LogP contribution in [0.5, 0.6) is 11.6 Å². The number of nitrogens with zero attached hydrogens (tertiary/aromatic N) is 3. The average molecular weight is 271 g/mol. The van der Waals surface area contributed by atoms with Gasteiger partial charge in [0, 0.05) is 12.7 Å². The lowest BCUT2D eigenvalue weighted by molar-refractivity contribution is 0.456. The number of amidine groups is 1. The van der Waals surface area contributed by atoms with Gasteiger partial charge in [-0.25, -0.2) is 4.98 Å². The number of ether oxygens (including phenoxy) is 1. The monoisotopic (exact) mass is 271 g/mol. The number of fused-ring (bicyclic) bond motifs is 1. The van der Waals surface area contributed by atoms with Gasteiger partial charge < -0.3 is 10.5 Å². The predicted molar refractivity (Wildman–Crippen MR) is 75.2 cm³/mol. The molecule has 1 aliphatic carbocycles. The molecule has 0 saturated heterocycles. The van der Waals surface area contributed by atoms with E-state index < -0.39 is 0 Å². The van der Waals surface area contributed by atoms with Gasteiger partial charge in [-0.2, -0.15) is 5.10 Å². The summed E-state index contributed by atoms with van der Waals surface area (Å²) in [5.41, 5.74) is 8.44. The van der Waals surface area contributed by atoms with E-state index in [1.807, 2.05) is 13.1 Å². The number of pyridine rings is 1. The fourth-order valence-electron chi connectivity index (χ4n) is 2.45. The Morgan fingerprint density at radius 1 is 1.40 bits per heavy atom. The summed E-state index contributed by atoms with van der Waals surface area (Å²) in [5.74, 6) is 0.967. The number of rotatable bonds is 3. The van der Waals surface area contributed by atoms with Gasteiger partial charge in [0.25, 0.3) is 0 Å². The fourth-order valence-corrected chi connectivity index (χ4v) is 2.45. The van der Waals surface area contributed by atoms with E-state index >= 15 is 0 Å². The highest BCUT2D eigenvalue weighted by atomic mass is 16.5. The predicted octanol–water partition coefficient (Wildman–Crippen LogP) is 1.77. The summed E-state index contributed by atoms with van der Waals surface area (Å²) >= 11 is 0. The first kappa shape index (κ1) is 12.7. The van der Waals surface area contributed by atoms with E-state index in [1.54, 1.807) is 17.1 Å². The van der Waals surface area contributed by atoms with Crippen molar-refractivity contribution in [2.45, 2.75) is 25.7 Å². The number of hydrogen-bond acceptors (Lipinski definition) is 4. The molecule has 0 aromatic carbocycles. The number of hydrogen-bond donors (Lipinski definition) is 2. The normalized spacial score (nSPS) is 13.8. The highest BCUT2D eigenvalue weighted by molar-refractivity contribution is 5.97. The lowest BCUT2D eigenvalue weighted by Crippen LogP contribution is -2.16. The summed E-state index contributed by atoms with van der Waals surface area (Å²) < 4.78 is 7.40. The minimum atomic E-state index is -0.0234. The molecule has 0 saturated carbocycles. The SMILES string of the molecule is Cn1cc(Oc2nc3c(cc2C(=N)N)CCCC3)cn1. The lowest BCUT2D eigenvalue weighted by Gasteiger charge is -2.17. The Kier molecular flexibility index (Phi) is 3.14. The van der Waals surface area contributed by atoms with Crippen molar-refractivity contribution in [2.24, 2.45) is 12.8 Å². The molecule has 0 radical (unpaired) electrons. The average Bonchev–Trinajstić information content (AvgIpc) is 2.83. The van der Waals surface area contributed by atoms with Gasteiger partial charge in [0.15, 0.2) is 5.75 Å². The Morgan fingerprint density at radius 3 is 2.90 bits per heavy atom. The first-order chi connectivity index (χ1) is 9.63. The van der Waals surface area contributed by atoms with Crippen molar-refractivity contribution in [3.05, 3.63) is 35.3 Å². The van der Waals surface area contributed by atoms with Crippen molar-refractivity contribution >= 4 is 5.84 Å². The third-order valence-corrected chi connectivity index (χ3v) is 3.45. The Balaban J connectivity index is 2.01. The van der Waals surface area contributed by atoms with Crippen LogP contribution in [0.15, 0.2) is 18.5 Å². The van der Waals surface area contributed by atoms with Crippen molar-refractivity contribution in [3.63, 3.8) is 0 Å². The minimum absolute atomic E-state index is 0.0234. The molecule has 6 nitrogen and oxygen atoms in total. The molecule has 6 heteroatoms. The van der Waals surface area contributed by atoms with Gasteiger partial charge >= 0.3 is 0 Å². The quantitative estimate of drug-likeness (QED) is 0.657. The molecule has 0 atom stereocenters. The molecule has 0 fully saturated rings. The molecular weight excluding hydrogens is 254 g/mol. The molecule has 20 heavy (non-hydrogen) atoms. The van der Waals surface area contributed by atoms with Crippen molar-refractivity contribution in [2.75, 3.05) is 0 Å². The van der Waals surface area contributed by atoms with Crippen molar-refractivity contribution in [3.8, 4) is 11.6 Å². The highest BCUT2D eigenvalue weighted by Crippen LogP contribution is 2.28. The summed E-state index contributed by atoms with van der Waals surface area (Å²) in [4.78, 5) is 4.56. The maximum absolute atomic E-state index is 7.70. The van der Waals surface area contributed by atoms with Crippen LogP contribution < -0.4 is 10.5 Å². The number of nitrogens with one attached hydrogen (secondary N) is 1. The minimum Gasteiger partial charge on any atom is -0.435 e. The molecule has 0 bridgehead atoms. The maximum atomic E-state index is 7.70. The Hall–Kier alpha value is -2.37. The van der Waals surface area contributed by atoms with Gasteiger partial charge in [0.2, 0.25) is 5.88 Å². The summed E-state index contributed by atoms with van der Waals surface area (Å²) in [7, 11) is 1.82. The van der Waals surface area contributed by atoms with Crippen molar-refractivity contribution in [1.82, 2.24) is 14.8 Å². The van der Waals surface area contributed by atoms with Gasteiger partial charge in [-0.3, -0.25) is 10.1 Å². The lowest BCUT2D eigenvalue weighted by atomic mass is 9.95. The Morgan fingerprint density at radius 2 is 2.20 bits per heavy atom. The Bertz CT molecular complexity index is 662. The van der Waals surface area contributed by atoms with Crippen LogP contribution in [0.2, 0.25) is 0 Å². The van der Waals surface area contributed by atoms with E-state index in [-0.39, 0.29) is 5.84 Å². The van der Waals surface area contributed by atoms with Crippen LogP contribution in [0, 0.1) is 5.41 Å². The highest BCUT2D eigenvalue weighted by Gasteiger charge is 2.18. The molecule has 0 unspecified atom stereocenters. The van der Waals surface area contributed by atoms with Gasteiger partial charge in [0.05, 0.1) is 18.0 Å². The van der Waals surface area contributed by atoms with Gasteiger partial charge in [0.1, 0.15) is 5.84 Å². The second kappa shape index (κ2) is 4.96. The van der Waals surface area contributed by atoms with E-state index in [2.05, 4.69) is 10.1 Å². The van der Waals surface area contributed by atoms with E-state index in [4.69, 9.17) is 15.9 Å². The second-order valence-electron chi connectivity index (χ2n) is 5.02. The molecule has 1 aliphatic rings. The van der Waals surface area contributed by atoms with Crippen molar-refractivity contribution in [1.29, 1.82) is 5.41 Å². The molecule has 3 rings (SSSR count). The molecule has 2 aromatic heterocycles. The molecule has 0 spiro atoms. The van der Waals surface area contributed by atoms with Crippen LogP contribution in [0.4, 0.5) is 0 Å². The molecule has 0 amide bonds. The summed E-state index contributed by atoms with van der Waals surface area (Å²) in [6.07, 6.45) is 7.63. The Labute approximate surface area is 117 Å². The molecule has 0 aliphatic heterocycles. The molecule has 104 valence electrons. The van der Waals surface area contributed by atoms with Gasteiger partial charge in [-0.1, -0.05) is 0 Å². The molecule has 2 heterocycles. The first-order valence-corrected chi connectivity index (χ1v) is 6.67. The van der Waals surface area contributed by atoms with Crippen LogP contribution in [0.25, 0.3) is 0 Å². The van der Waals surface area contributed by atoms with E-state index in [0.29, 0.717) is 17.2 Å². The van der Waals surface area contributed by atoms with Crippen LogP contribution in [0.1, 0.15) is 29.7 Å². The molecule has 3 N–H and O–H groups in total. The summed E-state index contributed by atoms with van der Waals surface area (Å²) in [5, 5.41) is 11.8. The zero-order chi connectivity index (χ0) is 14.1. The third-order valence-electron chi connectivity index (χ3n) is 3.45. The largest absolute Gasteiger partial charge is 0.435 e. The van der Waals surface area contributed by atoms with Crippen LogP contribution in [0.3, 0.4) is 0 Å². The van der Waals surface area contributed by atoms with E-state index in [9.17, 15) is 0 Å². The molecular formula is C14H17N5O. The zero-order valence-corrected chi connectivity index (χ0v) is 11.4. The first-order valence-electron chi connectivity index (χ1n) is 6.67. The van der Waals surface area contributed by atoms with Crippen molar-refractivity contribution < 1.29 is 4.74 Å². The van der Waals surface area contributed by atoms with Gasteiger partial charge in [-0.15, -0.1) is 0 Å². The zero-order valence-electron chi connectivity index (χ0n) is 11.4. The number of nitrogens with two attached hydrogens (primary N) is 1. The summed E-state index contributed by atoms with van der Waals surface area (Å²) in [6, 6.07) is 1.94. The van der Waals surface area contributed by atoms with Crippen LogP contribution >= 0.6 is 0 Å². The third kappa shape index (κ3) is 2.36. The standard InChI is InChI=1S/C14H17N5O/c1-19-8-10(7-17-19)20-14-11(13(15)16)6-9-4-2-3-5-12(9)18-14/h6-8H,2-5H2,1H3,(H3,15,16). The number of nitrogen functional groups attached to an aromatic ring is 1. The molecule has 2 aromatic rings. The fraction of sp³-hybridized carbons (Fsp3) is 0.357.